The fourth-order valence-corrected chi connectivity index (χ4v) is 2.26. The van der Waals surface area contributed by atoms with Crippen molar-refractivity contribution in [3.05, 3.63) is 48.0 Å². The van der Waals surface area contributed by atoms with E-state index in [4.69, 9.17) is 0 Å². The molecule has 0 radical (unpaired) electrons. The minimum absolute atomic E-state index is 0.272. The normalized spacial score (nSPS) is 14.2. The van der Waals surface area contributed by atoms with E-state index >= 15 is 0 Å². The van der Waals surface area contributed by atoms with Gasteiger partial charge in [-0.05, 0) is 37.6 Å². The molecule has 0 fully saturated rings. The van der Waals surface area contributed by atoms with Crippen molar-refractivity contribution >= 4 is 0 Å². The number of nitrogens with zero attached hydrogens (tertiary/aromatic N) is 3. The second-order valence-electron chi connectivity index (χ2n) is 5.15. The quantitative estimate of drug-likeness (QED) is 0.842. The summed E-state index contributed by atoms with van der Waals surface area (Å²) in [6.07, 6.45) is 7.81. The number of hydrogen-bond acceptors (Lipinski definition) is 3. The van der Waals surface area contributed by atoms with Gasteiger partial charge < -0.3 is 5.32 Å². The van der Waals surface area contributed by atoms with Crippen LogP contribution in [0.1, 0.15) is 50.5 Å². The maximum absolute atomic E-state index is 4.68. The molecule has 2 aromatic rings. The van der Waals surface area contributed by atoms with Crippen molar-refractivity contribution in [3.63, 3.8) is 0 Å². The Hall–Kier alpha value is -1.68. The molecule has 0 bridgehead atoms. The van der Waals surface area contributed by atoms with E-state index in [0.717, 1.165) is 25.1 Å². The van der Waals surface area contributed by atoms with E-state index in [-0.39, 0.29) is 6.04 Å². The van der Waals surface area contributed by atoms with Crippen molar-refractivity contribution in [1.29, 1.82) is 0 Å². The third kappa shape index (κ3) is 3.67. The van der Waals surface area contributed by atoms with Gasteiger partial charge in [-0.15, -0.1) is 0 Å². The molecule has 1 N–H and O–H groups in total. The first-order valence-electron chi connectivity index (χ1n) is 7.41. The zero-order valence-corrected chi connectivity index (χ0v) is 12.6. The van der Waals surface area contributed by atoms with Crippen molar-refractivity contribution in [2.75, 3.05) is 6.54 Å². The van der Waals surface area contributed by atoms with E-state index in [1.54, 1.807) is 0 Å². The smallest absolute Gasteiger partial charge is 0.0643 e. The summed E-state index contributed by atoms with van der Waals surface area (Å²) in [5, 5.41) is 8.20. The highest BCUT2D eigenvalue weighted by molar-refractivity contribution is 5.17. The zero-order chi connectivity index (χ0) is 14.4. The molecule has 4 nitrogen and oxygen atoms in total. The summed E-state index contributed by atoms with van der Waals surface area (Å²) in [6, 6.07) is 6.95. The van der Waals surface area contributed by atoms with Crippen LogP contribution in [-0.2, 0) is 6.42 Å². The van der Waals surface area contributed by atoms with E-state index in [1.807, 2.05) is 18.5 Å². The highest BCUT2D eigenvalue weighted by Gasteiger charge is 2.13. The van der Waals surface area contributed by atoms with Crippen LogP contribution in [-0.4, -0.2) is 21.3 Å². The van der Waals surface area contributed by atoms with Gasteiger partial charge >= 0.3 is 0 Å². The van der Waals surface area contributed by atoms with Gasteiger partial charge in [-0.2, -0.15) is 5.10 Å². The molecular weight excluding hydrogens is 248 g/mol. The van der Waals surface area contributed by atoms with Gasteiger partial charge in [0.15, 0.2) is 0 Å². The third-order valence-corrected chi connectivity index (χ3v) is 3.66. The number of rotatable bonds is 7. The van der Waals surface area contributed by atoms with E-state index < -0.39 is 0 Å². The molecular formula is C16H24N4. The number of nitrogens with one attached hydrogen (secondary N) is 1. The first-order chi connectivity index (χ1) is 9.74. The average molecular weight is 272 g/mol. The summed E-state index contributed by atoms with van der Waals surface area (Å²) in [5.74, 6) is 0. The van der Waals surface area contributed by atoms with E-state index in [2.05, 4.69) is 59.2 Å². The third-order valence-electron chi connectivity index (χ3n) is 3.66. The molecule has 2 atom stereocenters. The maximum atomic E-state index is 4.68. The molecule has 2 unspecified atom stereocenters. The largest absolute Gasteiger partial charge is 0.310 e. The molecule has 4 heteroatoms. The molecule has 0 spiro atoms. The minimum atomic E-state index is 0.272. The lowest BCUT2D eigenvalue weighted by atomic mass is 10.0. The summed E-state index contributed by atoms with van der Waals surface area (Å²) < 4.78 is 2.06. The fourth-order valence-electron chi connectivity index (χ4n) is 2.26. The molecule has 0 aliphatic rings. The van der Waals surface area contributed by atoms with Crippen molar-refractivity contribution in [2.45, 2.75) is 45.7 Å². The number of aromatic nitrogens is 3. The highest BCUT2D eigenvalue weighted by Crippen LogP contribution is 2.17. The van der Waals surface area contributed by atoms with Gasteiger partial charge in [-0.3, -0.25) is 9.67 Å². The average Bonchev–Trinajstić information content (AvgIpc) is 2.95. The summed E-state index contributed by atoms with van der Waals surface area (Å²) in [6.45, 7) is 7.44. The fraction of sp³-hybridized carbons (Fsp3) is 0.500. The Bertz CT molecular complexity index is 506. The van der Waals surface area contributed by atoms with E-state index in [0.29, 0.717) is 6.04 Å². The zero-order valence-electron chi connectivity index (χ0n) is 12.6. The SMILES string of the molecule is CCNC(Cc1ccn(C(C)CC)n1)c1cccnc1. The monoisotopic (exact) mass is 272 g/mol. The summed E-state index contributed by atoms with van der Waals surface area (Å²) in [5.41, 5.74) is 2.34. The Labute approximate surface area is 121 Å². The van der Waals surface area contributed by atoms with Gasteiger partial charge in [0.25, 0.3) is 0 Å². The van der Waals surface area contributed by atoms with Crippen LogP contribution in [0.25, 0.3) is 0 Å². The number of pyridine rings is 1. The van der Waals surface area contributed by atoms with Crippen LogP contribution in [0.2, 0.25) is 0 Å². The van der Waals surface area contributed by atoms with Gasteiger partial charge in [-0.25, -0.2) is 0 Å². The second-order valence-corrected chi connectivity index (χ2v) is 5.15. The Kier molecular flexibility index (Phi) is 5.30. The van der Waals surface area contributed by atoms with Crippen LogP contribution >= 0.6 is 0 Å². The first kappa shape index (κ1) is 14.7. The highest BCUT2D eigenvalue weighted by atomic mass is 15.3. The van der Waals surface area contributed by atoms with Crippen LogP contribution in [0, 0.1) is 0 Å². The van der Waals surface area contributed by atoms with Crippen LogP contribution in [0.5, 0.6) is 0 Å². The molecule has 0 amide bonds. The van der Waals surface area contributed by atoms with Gasteiger partial charge in [0, 0.05) is 37.1 Å². The minimum Gasteiger partial charge on any atom is -0.310 e. The number of likely N-dealkylation sites (N-methyl/N-ethyl adjacent to an activating group) is 1. The molecule has 108 valence electrons. The van der Waals surface area contributed by atoms with Crippen LogP contribution in [0.15, 0.2) is 36.8 Å². The van der Waals surface area contributed by atoms with Crippen LogP contribution in [0.4, 0.5) is 0 Å². The van der Waals surface area contributed by atoms with Crippen LogP contribution < -0.4 is 5.32 Å². The predicted molar refractivity (Wildman–Crippen MR) is 81.6 cm³/mol. The molecule has 20 heavy (non-hydrogen) atoms. The molecule has 0 aromatic carbocycles. The molecule has 0 aliphatic carbocycles. The summed E-state index contributed by atoms with van der Waals surface area (Å²) in [7, 11) is 0. The lowest BCUT2D eigenvalue weighted by molar-refractivity contribution is 0.467. The van der Waals surface area contributed by atoms with Gasteiger partial charge in [0.1, 0.15) is 0 Å². The molecule has 0 aliphatic heterocycles. The van der Waals surface area contributed by atoms with Crippen molar-refractivity contribution in [1.82, 2.24) is 20.1 Å². The molecule has 2 aromatic heterocycles. The molecule has 2 heterocycles. The standard InChI is InChI=1S/C16H24N4/c1-4-13(3)20-10-8-15(19-20)11-16(18-5-2)14-7-6-9-17-12-14/h6-10,12-13,16,18H,4-5,11H2,1-3H3. The first-order valence-corrected chi connectivity index (χ1v) is 7.41. The van der Waals surface area contributed by atoms with Crippen molar-refractivity contribution in [2.24, 2.45) is 0 Å². The molecule has 2 rings (SSSR count). The Morgan fingerprint density at radius 2 is 2.15 bits per heavy atom. The molecule has 0 saturated carbocycles. The summed E-state index contributed by atoms with van der Waals surface area (Å²) in [4.78, 5) is 4.21. The van der Waals surface area contributed by atoms with Crippen LogP contribution in [0.3, 0.4) is 0 Å². The Morgan fingerprint density at radius 1 is 1.30 bits per heavy atom. The van der Waals surface area contributed by atoms with Gasteiger partial charge in [0.2, 0.25) is 0 Å². The second kappa shape index (κ2) is 7.20. The van der Waals surface area contributed by atoms with Crippen molar-refractivity contribution in [3.8, 4) is 0 Å². The van der Waals surface area contributed by atoms with Gasteiger partial charge in [-0.1, -0.05) is 19.9 Å². The van der Waals surface area contributed by atoms with Crippen molar-refractivity contribution < 1.29 is 0 Å². The Morgan fingerprint density at radius 3 is 2.80 bits per heavy atom. The number of hydrogen-bond donors (Lipinski definition) is 1. The molecule has 0 saturated heterocycles. The Balaban J connectivity index is 2.10. The topological polar surface area (TPSA) is 42.7 Å². The maximum Gasteiger partial charge on any atom is 0.0643 e. The van der Waals surface area contributed by atoms with Gasteiger partial charge in [0.05, 0.1) is 5.69 Å². The lowest BCUT2D eigenvalue weighted by Crippen LogP contribution is -2.23. The summed E-state index contributed by atoms with van der Waals surface area (Å²) >= 11 is 0. The predicted octanol–water partition coefficient (Wildman–Crippen LogP) is 3.14. The lowest BCUT2D eigenvalue weighted by Gasteiger charge is -2.17. The van der Waals surface area contributed by atoms with E-state index in [9.17, 15) is 0 Å². The van der Waals surface area contributed by atoms with E-state index in [1.165, 1.54) is 5.56 Å².